The number of nitrogens with one attached hydrogen (secondary N) is 1. The minimum Gasteiger partial charge on any atom is -0.456 e. The van der Waals surface area contributed by atoms with E-state index in [1.807, 2.05) is 26.8 Å². The zero-order chi connectivity index (χ0) is 12.6. The molecule has 1 saturated carbocycles. The van der Waals surface area contributed by atoms with E-state index >= 15 is 0 Å². The van der Waals surface area contributed by atoms with Crippen molar-refractivity contribution in [1.82, 2.24) is 5.32 Å². The normalized spacial score (nSPS) is 17.8. The molecule has 4 nitrogen and oxygen atoms in total. The summed E-state index contributed by atoms with van der Waals surface area (Å²) < 4.78 is 5.41. The summed E-state index contributed by atoms with van der Waals surface area (Å²) in [6.45, 7) is 6.19. The summed E-state index contributed by atoms with van der Waals surface area (Å²) in [7, 11) is 0. The van der Waals surface area contributed by atoms with Crippen molar-refractivity contribution in [3.8, 4) is 0 Å². The SMILES string of the molecule is Cc1cc(C)c(C(=O)NC(C)(CN)C2CC2)o1.Cl. The van der Waals surface area contributed by atoms with Gasteiger partial charge in [-0.1, -0.05) is 0 Å². The molecule has 3 N–H and O–H groups in total. The van der Waals surface area contributed by atoms with Gasteiger partial charge in [0.2, 0.25) is 0 Å². The number of amides is 1. The van der Waals surface area contributed by atoms with Crippen LogP contribution in [-0.4, -0.2) is 18.0 Å². The van der Waals surface area contributed by atoms with Crippen LogP contribution in [0.1, 0.15) is 41.6 Å². The van der Waals surface area contributed by atoms with Gasteiger partial charge in [0.1, 0.15) is 5.76 Å². The van der Waals surface area contributed by atoms with E-state index in [1.165, 1.54) is 0 Å². The maximum Gasteiger partial charge on any atom is 0.287 e. The van der Waals surface area contributed by atoms with Gasteiger partial charge in [0.25, 0.3) is 5.91 Å². The molecule has 1 unspecified atom stereocenters. The standard InChI is InChI=1S/C13H20N2O2.ClH/c1-8-6-9(2)17-11(8)12(16)15-13(3,7-14)10-4-5-10;/h6,10H,4-5,7,14H2,1-3H3,(H,15,16);1H. The average Bonchev–Trinajstić information content (AvgIpc) is 3.05. The number of hydrogen-bond donors (Lipinski definition) is 2. The van der Waals surface area contributed by atoms with Crippen molar-refractivity contribution in [2.75, 3.05) is 6.54 Å². The van der Waals surface area contributed by atoms with Gasteiger partial charge in [0, 0.05) is 12.1 Å². The Labute approximate surface area is 114 Å². The highest BCUT2D eigenvalue weighted by atomic mass is 35.5. The molecule has 0 spiro atoms. The van der Waals surface area contributed by atoms with E-state index < -0.39 is 0 Å². The summed E-state index contributed by atoms with van der Waals surface area (Å²) in [6, 6.07) is 1.87. The molecule has 0 radical (unpaired) electrons. The summed E-state index contributed by atoms with van der Waals surface area (Å²) >= 11 is 0. The molecule has 102 valence electrons. The lowest BCUT2D eigenvalue weighted by molar-refractivity contribution is 0.0867. The highest BCUT2D eigenvalue weighted by Crippen LogP contribution is 2.39. The van der Waals surface area contributed by atoms with Gasteiger partial charge < -0.3 is 15.5 Å². The highest BCUT2D eigenvalue weighted by molar-refractivity contribution is 5.93. The highest BCUT2D eigenvalue weighted by Gasteiger charge is 2.42. The van der Waals surface area contributed by atoms with Crippen LogP contribution in [-0.2, 0) is 0 Å². The van der Waals surface area contributed by atoms with Gasteiger partial charge in [0.15, 0.2) is 5.76 Å². The lowest BCUT2D eigenvalue weighted by Crippen LogP contribution is -2.53. The van der Waals surface area contributed by atoms with Crippen LogP contribution in [0.2, 0.25) is 0 Å². The van der Waals surface area contributed by atoms with E-state index in [1.54, 1.807) is 0 Å². The molecular formula is C13H21ClN2O2. The molecule has 5 heteroatoms. The third-order valence-electron chi connectivity index (χ3n) is 3.55. The number of furan rings is 1. The first kappa shape index (κ1) is 15.1. The molecule has 0 bridgehead atoms. The Morgan fingerprint density at radius 1 is 1.56 bits per heavy atom. The summed E-state index contributed by atoms with van der Waals surface area (Å²) in [5, 5.41) is 3.02. The lowest BCUT2D eigenvalue weighted by Gasteiger charge is -2.29. The van der Waals surface area contributed by atoms with E-state index in [0.29, 0.717) is 18.2 Å². The summed E-state index contributed by atoms with van der Waals surface area (Å²) in [5.74, 6) is 1.51. The molecule has 1 aliphatic carbocycles. The van der Waals surface area contributed by atoms with Crippen molar-refractivity contribution in [3.05, 3.63) is 23.2 Å². The third kappa shape index (κ3) is 2.87. The molecule has 1 atom stereocenters. The minimum atomic E-state index is -0.301. The molecule has 1 aliphatic rings. The van der Waals surface area contributed by atoms with E-state index in [2.05, 4.69) is 5.32 Å². The van der Waals surface area contributed by atoms with Crippen LogP contribution in [0.25, 0.3) is 0 Å². The Bertz CT molecular complexity index is 440. The fraction of sp³-hybridized carbons (Fsp3) is 0.615. The second-order valence-electron chi connectivity index (χ2n) is 5.22. The van der Waals surface area contributed by atoms with Crippen LogP contribution in [0.3, 0.4) is 0 Å². The number of carbonyl (C=O) groups is 1. The predicted molar refractivity (Wildman–Crippen MR) is 73.1 cm³/mol. The van der Waals surface area contributed by atoms with Gasteiger partial charge in [-0.25, -0.2) is 0 Å². The van der Waals surface area contributed by atoms with E-state index in [4.69, 9.17) is 10.2 Å². The monoisotopic (exact) mass is 272 g/mol. The van der Waals surface area contributed by atoms with Crippen LogP contribution in [0, 0.1) is 19.8 Å². The van der Waals surface area contributed by atoms with Gasteiger partial charge in [-0.05, 0) is 45.6 Å². The third-order valence-corrected chi connectivity index (χ3v) is 3.55. The second-order valence-corrected chi connectivity index (χ2v) is 5.22. The first-order chi connectivity index (χ1) is 7.96. The predicted octanol–water partition coefficient (Wildman–Crippen LogP) is 2.18. The summed E-state index contributed by atoms with van der Waals surface area (Å²) in [5.41, 5.74) is 6.34. The van der Waals surface area contributed by atoms with Crippen LogP contribution in [0.15, 0.2) is 10.5 Å². The van der Waals surface area contributed by atoms with E-state index in [-0.39, 0.29) is 23.9 Å². The van der Waals surface area contributed by atoms with E-state index in [0.717, 1.165) is 24.2 Å². The Kier molecular flexibility index (Phi) is 4.46. The molecule has 1 aromatic rings. The Hall–Kier alpha value is -1.00. The number of aryl methyl sites for hydroxylation is 2. The van der Waals surface area contributed by atoms with Crippen molar-refractivity contribution in [3.63, 3.8) is 0 Å². The summed E-state index contributed by atoms with van der Waals surface area (Å²) in [4.78, 5) is 12.1. The van der Waals surface area contributed by atoms with E-state index in [9.17, 15) is 4.79 Å². The summed E-state index contributed by atoms with van der Waals surface area (Å²) in [6.07, 6.45) is 2.29. The molecule has 0 aliphatic heterocycles. The first-order valence-electron chi connectivity index (χ1n) is 6.06. The van der Waals surface area contributed by atoms with Gasteiger partial charge in [0.05, 0.1) is 5.54 Å². The molecule has 0 saturated heterocycles. The van der Waals surface area contributed by atoms with Gasteiger partial charge in [-0.3, -0.25) is 4.79 Å². The molecule has 1 fully saturated rings. The molecule has 18 heavy (non-hydrogen) atoms. The smallest absolute Gasteiger partial charge is 0.287 e. The minimum absolute atomic E-state index is 0. The molecule has 1 amide bonds. The maximum absolute atomic E-state index is 12.1. The van der Waals surface area contributed by atoms with Crippen molar-refractivity contribution in [2.45, 2.75) is 39.2 Å². The van der Waals surface area contributed by atoms with Gasteiger partial charge >= 0.3 is 0 Å². The van der Waals surface area contributed by atoms with Crippen LogP contribution < -0.4 is 11.1 Å². The topological polar surface area (TPSA) is 68.3 Å². The fourth-order valence-corrected chi connectivity index (χ4v) is 2.22. The van der Waals surface area contributed by atoms with Crippen molar-refractivity contribution in [2.24, 2.45) is 11.7 Å². The van der Waals surface area contributed by atoms with Crippen LogP contribution in [0.5, 0.6) is 0 Å². The Morgan fingerprint density at radius 3 is 2.56 bits per heavy atom. The fourth-order valence-electron chi connectivity index (χ4n) is 2.22. The number of halogens is 1. The maximum atomic E-state index is 12.1. The molecule has 0 aromatic carbocycles. The van der Waals surface area contributed by atoms with Crippen molar-refractivity contribution >= 4 is 18.3 Å². The van der Waals surface area contributed by atoms with Crippen LogP contribution in [0.4, 0.5) is 0 Å². The van der Waals surface area contributed by atoms with Crippen molar-refractivity contribution in [1.29, 1.82) is 0 Å². The number of hydrogen-bond acceptors (Lipinski definition) is 3. The van der Waals surface area contributed by atoms with Gasteiger partial charge in [-0.2, -0.15) is 0 Å². The second kappa shape index (κ2) is 5.33. The van der Waals surface area contributed by atoms with Crippen LogP contribution >= 0.6 is 12.4 Å². The van der Waals surface area contributed by atoms with Crippen molar-refractivity contribution < 1.29 is 9.21 Å². The Balaban J connectivity index is 0.00000162. The quantitative estimate of drug-likeness (QED) is 0.883. The number of carbonyl (C=O) groups excluding carboxylic acids is 1. The molecule has 2 rings (SSSR count). The molecular weight excluding hydrogens is 252 g/mol. The average molecular weight is 273 g/mol. The largest absolute Gasteiger partial charge is 0.456 e. The number of rotatable bonds is 4. The molecule has 1 heterocycles. The number of nitrogens with two attached hydrogens (primary N) is 1. The lowest BCUT2D eigenvalue weighted by atomic mass is 9.95. The zero-order valence-corrected chi connectivity index (χ0v) is 11.9. The zero-order valence-electron chi connectivity index (χ0n) is 11.1. The Morgan fingerprint density at radius 2 is 2.17 bits per heavy atom. The van der Waals surface area contributed by atoms with Gasteiger partial charge in [-0.15, -0.1) is 12.4 Å². The first-order valence-corrected chi connectivity index (χ1v) is 6.06. The molecule has 1 aromatic heterocycles.